The number of benzene rings is 1. The van der Waals surface area contributed by atoms with Gasteiger partial charge < -0.3 is 15.5 Å². The molecule has 8 heteroatoms. The summed E-state index contributed by atoms with van der Waals surface area (Å²) in [6.07, 6.45) is -1.80. The molecular formula is C20H29F3N4O. The van der Waals surface area contributed by atoms with Crippen molar-refractivity contribution in [3.8, 4) is 0 Å². The molecule has 1 aliphatic heterocycles. The molecule has 0 spiro atoms. The average Bonchev–Trinajstić information content (AvgIpc) is 2.65. The van der Waals surface area contributed by atoms with Gasteiger partial charge in [-0.2, -0.15) is 13.2 Å². The lowest BCUT2D eigenvalue weighted by Gasteiger charge is -2.31. The molecule has 28 heavy (non-hydrogen) atoms. The number of carbonyl (C=O) groups excluding carboxylic acids is 1. The van der Waals surface area contributed by atoms with E-state index in [0.29, 0.717) is 37.0 Å². The third-order valence-electron chi connectivity index (χ3n) is 4.66. The summed E-state index contributed by atoms with van der Waals surface area (Å²) in [6, 6.07) is 5.15. The summed E-state index contributed by atoms with van der Waals surface area (Å²) in [5, 5.41) is 6.14. The SMILES string of the molecule is CCNC(=NCc1cccc(C(F)(F)F)c1)NCCC(=O)N1CCCC(C)C1. The second-order valence-corrected chi connectivity index (χ2v) is 7.16. The normalized spacial score (nSPS) is 18.1. The molecule has 1 saturated heterocycles. The zero-order valence-corrected chi connectivity index (χ0v) is 16.5. The maximum Gasteiger partial charge on any atom is 0.416 e. The molecule has 0 radical (unpaired) electrons. The standard InChI is InChI=1S/C20H29F3N4O/c1-3-24-19(25-10-9-18(28)27-11-5-6-15(2)14-27)26-13-16-7-4-8-17(12-16)20(21,22)23/h4,7-8,12,15H,3,5-6,9-11,13-14H2,1-2H3,(H2,24,25,26). The van der Waals surface area contributed by atoms with E-state index in [1.165, 1.54) is 6.07 Å². The summed E-state index contributed by atoms with van der Waals surface area (Å²) in [5.41, 5.74) is -0.204. The van der Waals surface area contributed by atoms with Gasteiger partial charge in [-0.1, -0.05) is 19.1 Å². The Morgan fingerprint density at radius 1 is 1.32 bits per heavy atom. The molecule has 0 saturated carbocycles. The van der Waals surface area contributed by atoms with Gasteiger partial charge in [0.25, 0.3) is 0 Å². The fourth-order valence-corrected chi connectivity index (χ4v) is 3.22. The van der Waals surface area contributed by atoms with Crippen LogP contribution in [0.4, 0.5) is 13.2 Å². The summed E-state index contributed by atoms with van der Waals surface area (Å²) in [7, 11) is 0. The summed E-state index contributed by atoms with van der Waals surface area (Å²) < 4.78 is 38.4. The number of aliphatic imine (C=N–C) groups is 1. The van der Waals surface area contributed by atoms with E-state index in [2.05, 4.69) is 22.5 Å². The molecule has 1 amide bonds. The second kappa shape index (κ2) is 10.3. The summed E-state index contributed by atoms with van der Waals surface area (Å²) in [4.78, 5) is 18.5. The Bertz CT molecular complexity index is 676. The van der Waals surface area contributed by atoms with Gasteiger partial charge in [0.15, 0.2) is 5.96 Å². The minimum absolute atomic E-state index is 0.118. The first-order chi connectivity index (χ1) is 13.3. The van der Waals surface area contributed by atoms with Crippen molar-refractivity contribution in [3.05, 3.63) is 35.4 Å². The van der Waals surface area contributed by atoms with Gasteiger partial charge >= 0.3 is 6.18 Å². The molecule has 2 rings (SSSR count). The van der Waals surface area contributed by atoms with Crippen LogP contribution in [0.5, 0.6) is 0 Å². The lowest BCUT2D eigenvalue weighted by Crippen LogP contribution is -2.42. The average molecular weight is 398 g/mol. The fourth-order valence-electron chi connectivity index (χ4n) is 3.22. The Hall–Kier alpha value is -2.25. The first-order valence-electron chi connectivity index (χ1n) is 9.75. The molecule has 156 valence electrons. The van der Waals surface area contributed by atoms with E-state index in [0.717, 1.165) is 38.1 Å². The van der Waals surface area contributed by atoms with Gasteiger partial charge in [0.05, 0.1) is 12.1 Å². The van der Waals surface area contributed by atoms with Gasteiger partial charge in [-0.05, 0) is 43.4 Å². The molecule has 1 atom stereocenters. The Kier molecular flexibility index (Phi) is 8.14. The topological polar surface area (TPSA) is 56.7 Å². The first kappa shape index (κ1) is 22.0. The van der Waals surface area contributed by atoms with Crippen LogP contribution in [0.1, 0.15) is 44.2 Å². The minimum Gasteiger partial charge on any atom is -0.357 e. The fraction of sp³-hybridized carbons (Fsp3) is 0.600. The Labute approximate surface area is 164 Å². The van der Waals surface area contributed by atoms with E-state index in [9.17, 15) is 18.0 Å². The van der Waals surface area contributed by atoms with Gasteiger partial charge in [-0.25, -0.2) is 4.99 Å². The van der Waals surface area contributed by atoms with Crippen LogP contribution in [-0.2, 0) is 17.5 Å². The van der Waals surface area contributed by atoms with Crippen LogP contribution in [0, 0.1) is 5.92 Å². The molecule has 5 nitrogen and oxygen atoms in total. The lowest BCUT2D eigenvalue weighted by molar-refractivity contribution is -0.137. The van der Waals surface area contributed by atoms with Crippen LogP contribution in [-0.4, -0.2) is 42.9 Å². The highest BCUT2D eigenvalue weighted by Gasteiger charge is 2.30. The molecule has 1 fully saturated rings. The van der Waals surface area contributed by atoms with Gasteiger partial charge in [-0.3, -0.25) is 4.79 Å². The maximum absolute atomic E-state index is 12.8. The molecule has 0 aliphatic carbocycles. The number of rotatable bonds is 6. The number of alkyl halides is 3. The van der Waals surface area contributed by atoms with Gasteiger partial charge in [0.2, 0.25) is 5.91 Å². The number of hydrogen-bond donors (Lipinski definition) is 2. The van der Waals surface area contributed by atoms with E-state index in [1.807, 2.05) is 11.8 Å². The van der Waals surface area contributed by atoms with Crippen LogP contribution < -0.4 is 10.6 Å². The van der Waals surface area contributed by atoms with E-state index in [4.69, 9.17) is 0 Å². The van der Waals surface area contributed by atoms with Crippen molar-refractivity contribution in [2.75, 3.05) is 26.2 Å². The minimum atomic E-state index is -4.37. The van der Waals surface area contributed by atoms with E-state index in [1.54, 1.807) is 6.07 Å². The number of guanidine groups is 1. The highest BCUT2D eigenvalue weighted by atomic mass is 19.4. The van der Waals surface area contributed by atoms with Gasteiger partial charge in [0, 0.05) is 32.6 Å². The monoisotopic (exact) mass is 398 g/mol. The summed E-state index contributed by atoms with van der Waals surface area (Å²) in [6.45, 7) is 6.85. The first-order valence-corrected chi connectivity index (χ1v) is 9.75. The quantitative estimate of drug-likeness (QED) is 0.570. The number of nitrogens with zero attached hydrogens (tertiary/aromatic N) is 2. The van der Waals surface area contributed by atoms with Crippen molar-refractivity contribution in [2.24, 2.45) is 10.9 Å². The number of likely N-dealkylation sites (tertiary alicyclic amines) is 1. The van der Waals surface area contributed by atoms with Crippen molar-refractivity contribution >= 4 is 11.9 Å². The maximum atomic E-state index is 12.8. The molecule has 1 aromatic rings. The van der Waals surface area contributed by atoms with Gasteiger partial charge in [0.1, 0.15) is 0 Å². The number of hydrogen-bond acceptors (Lipinski definition) is 2. The van der Waals surface area contributed by atoms with E-state index in [-0.39, 0.29) is 12.5 Å². The lowest BCUT2D eigenvalue weighted by atomic mass is 10.00. The Morgan fingerprint density at radius 3 is 2.79 bits per heavy atom. The molecule has 1 aromatic carbocycles. The molecular weight excluding hydrogens is 369 g/mol. The van der Waals surface area contributed by atoms with Crippen molar-refractivity contribution < 1.29 is 18.0 Å². The van der Waals surface area contributed by atoms with Crippen LogP contribution in [0.2, 0.25) is 0 Å². The third kappa shape index (κ3) is 7.05. The molecule has 1 unspecified atom stereocenters. The van der Waals surface area contributed by atoms with Crippen molar-refractivity contribution in [3.63, 3.8) is 0 Å². The van der Waals surface area contributed by atoms with Crippen LogP contribution >= 0.6 is 0 Å². The van der Waals surface area contributed by atoms with Crippen molar-refractivity contribution in [2.45, 2.75) is 45.8 Å². The highest BCUT2D eigenvalue weighted by Crippen LogP contribution is 2.29. The largest absolute Gasteiger partial charge is 0.416 e. The number of amides is 1. The Balaban J connectivity index is 1.87. The van der Waals surface area contributed by atoms with Crippen molar-refractivity contribution in [1.82, 2.24) is 15.5 Å². The number of halogens is 3. The molecule has 1 heterocycles. The zero-order chi connectivity index (χ0) is 20.6. The second-order valence-electron chi connectivity index (χ2n) is 7.16. The van der Waals surface area contributed by atoms with E-state index < -0.39 is 11.7 Å². The molecule has 0 bridgehead atoms. The molecule has 2 N–H and O–H groups in total. The predicted molar refractivity (Wildman–Crippen MR) is 104 cm³/mol. The predicted octanol–water partition coefficient (Wildman–Crippen LogP) is 3.41. The van der Waals surface area contributed by atoms with Gasteiger partial charge in [-0.15, -0.1) is 0 Å². The van der Waals surface area contributed by atoms with Crippen LogP contribution in [0.15, 0.2) is 29.3 Å². The third-order valence-corrected chi connectivity index (χ3v) is 4.66. The smallest absolute Gasteiger partial charge is 0.357 e. The molecule has 1 aliphatic rings. The summed E-state index contributed by atoms with van der Waals surface area (Å²) in [5.74, 6) is 1.14. The Morgan fingerprint density at radius 2 is 2.11 bits per heavy atom. The zero-order valence-electron chi connectivity index (χ0n) is 16.5. The number of nitrogens with one attached hydrogen (secondary N) is 2. The highest BCUT2D eigenvalue weighted by molar-refractivity contribution is 5.81. The van der Waals surface area contributed by atoms with Crippen LogP contribution in [0.3, 0.4) is 0 Å². The van der Waals surface area contributed by atoms with Crippen LogP contribution in [0.25, 0.3) is 0 Å². The number of piperidine rings is 1. The number of carbonyl (C=O) groups is 1. The molecule has 0 aromatic heterocycles. The summed E-state index contributed by atoms with van der Waals surface area (Å²) >= 11 is 0. The van der Waals surface area contributed by atoms with E-state index >= 15 is 0 Å². The van der Waals surface area contributed by atoms with Crippen molar-refractivity contribution in [1.29, 1.82) is 0 Å².